The zero-order chi connectivity index (χ0) is 14.1. The van der Waals surface area contributed by atoms with E-state index in [0.29, 0.717) is 18.2 Å². The quantitative estimate of drug-likeness (QED) is 0.756. The summed E-state index contributed by atoms with van der Waals surface area (Å²) in [5.41, 5.74) is 0.702. The Bertz CT molecular complexity index is 373. The van der Waals surface area contributed by atoms with Crippen LogP contribution < -0.4 is 10.1 Å². The fraction of sp³-hybridized carbons (Fsp3) is 0.533. The third kappa shape index (κ3) is 6.70. The van der Waals surface area contributed by atoms with Crippen molar-refractivity contribution in [2.45, 2.75) is 33.1 Å². The number of amides is 1. The van der Waals surface area contributed by atoms with Gasteiger partial charge in [-0.3, -0.25) is 5.32 Å². The maximum Gasteiger partial charge on any atom is 0.411 e. The molecule has 1 amide bonds. The van der Waals surface area contributed by atoms with Crippen molar-refractivity contribution >= 4 is 11.8 Å². The molecule has 4 heteroatoms. The number of ether oxygens (including phenoxy) is 2. The first kappa shape index (κ1) is 15.3. The molecule has 0 aliphatic carbocycles. The van der Waals surface area contributed by atoms with Crippen molar-refractivity contribution in [2.24, 2.45) is 5.92 Å². The molecular weight excluding hydrogens is 242 g/mol. The van der Waals surface area contributed by atoms with Gasteiger partial charge in [0.25, 0.3) is 0 Å². The lowest BCUT2D eigenvalue weighted by molar-refractivity contribution is 0.158. The molecule has 1 aromatic rings. The molecule has 0 aliphatic rings. The molecule has 0 radical (unpaired) electrons. The molecule has 1 rings (SSSR count). The van der Waals surface area contributed by atoms with Gasteiger partial charge in [-0.15, -0.1) is 0 Å². The number of anilines is 1. The average molecular weight is 265 g/mol. The fourth-order valence-corrected chi connectivity index (χ4v) is 1.65. The molecule has 0 saturated carbocycles. The smallest absolute Gasteiger partial charge is 0.411 e. The van der Waals surface area contributed by atoms with Gasteiger partial charge in [0.2, 0.25) is 0 Å². The van der Waals surface area contributed by atoms with Gasteiger partial charge in [-0.2, -0.15) is 0 Å². The third-order valence-corrected chi connectivity index (χ3v) is 2.75. The highest BCUT2D eigenvalue weighted by atomic mass is 16.5. The predicted molar refractivity (Wildman–Crippen MR) is 76.7 cm³/mol. The number of methoxy groups -OCH3 is 1. The van der Waals surface area contributed by atoms with E-state index in [1.807, 2.05) is 0 Å². The van der Waals surface area contributed by atoms with Crippen LogP contribution in [0.1, 0.15) is 33.1 Å². The number of nitrogens with one attached hydrogen (secondary N) is 1. The number of hydrogen-bond donors (Lipinski definition) is 1. The molecule has 0 saturated heterocycles. The number of hydrogen-bond acceptors (Lipinski definition) is 3. The standard InChI is InChI=1S/C15H23NO3/c1-12(2)6-4-5-11-19-15(17)16-13-7-9-14(18-3)10-8-13/h7-10,12H,4-6,11H2,1-3H3,(H,16,17). The Morgan fingerprint density at radius 1 is 1.21 bits per heavy atom. The van der Waals surface area contributed by atoms with E-state index in [4.69, 9.17) is 9.47 Å². The monoisotopic (exact) mass is 265 g/mol. The van der Waals surface area contributed by atoms with Crippen molar-refractivity contribution in [3.63, 3.8) is 0 Å². The van der Waals surface area contributed by atoms with Crippen LogP contribution in [0.3, 0.4) is 0 Å². The Labute approximate surface area is 115 Å². The van der Waals surface area contributed by atoms with Crippen molar-refractivity contribution in [2.75, 3.05) is 19.0 Å². The molecule has 1 aromatic carbocycles. The van der Waals surface area contributed by atoms with Gasteiger partial charge in [0.15, 0.2) is 0 Å². The summed E-state index contributed by atoms with van der Waals surface area (Å²) in [5.74, 6) is 1.46. The van der Waals surface area contributed by atoms with Crippen LogP contribution in [0.5, 0.6) is 5.75 Å². The predicted octanol–water partition coefficient (Wildman–Crippen LogP) is 4.07. The number of unbranched alkanes of at least 4 members (excludes halogenated alkanes) is 1. The second kappa shape index (κ2) is 8.40. The number of carbonyl (C=O) groups is 1. The molecule has 4 nitrogen and oxygen atoms in total. The van der Waals surface area contributed by atoms with Gasteiger partial charge in [-0.05, 0) is 43.0 Å². The number of rotatable bonds is 7. The van der Waals surface area contributed by atoms with E-state index < -0.39 is 6.09 Å². The second-order valence-electron chi connectivity index (χ2n) is 4.88. The summed E-state index contributed by atoms with van der Waals surface area (Å²) in [7, 11) is 1.61. The Morgan fingerprint density at radius 3 is 2.47 bits per heavy atom. The average Bonchev–Trinajstić information content (AvgIpc) is 2.39. The van der Waals surface area contributed by atoms with Crippen LogP contribution in [-0.2, 0) is 4.74 Å². The van der Waals surface area contributed by atoms with E-state index in [0.717, 1.165) is 18.6 Å². The van der Waals surface area contributed by atoms with Crippen molar-refractivity contribution in [3.8, 4) is 5.75 Å². The zero-order valence-electron chi connectivity index (χ0n) is 11.9. The van der Waals surface area contributed by atoms with Gasteiger partial charge < -0.3 is 9.47 Å². The fourth-order valence-electron chi connectivity index (χ4n) is 1.65. The Kier molecular flexibility index (Phi) is 6.79. The van der Waals surface area contributed by atoms with Gasteiger partial charge in [0, 0.05) is 5.69 Å². The van der Waals surface area contributed by atoms with E-state index in [-0.39, 0.29) is 0 Å². The molecule has 0 spiro atoms. The van der Waals surface area contributed by atoms with Gasteiger partial charge in [0.05, 0.1) is 13.7 Å². The van der Waals surface area contributed by atoms with Crippen molar-refractivity contribution < 1.29 is 14.3 Å². The highest BCUT2D eigenvalue weighted by Gasteiger charge is 2.03. The van der Waals surface area contributed by atoms with Crippen LogP contribution in [0.15, 0.2) is 24.3 Å². The van der Waals surface area contributed by atoms with Crippen LogP contribution in [0.4, 0.5) is 10.5 Å². The topological polar surface area (TPSA) is 47.6 Å². The second-order valence-corrected chi connectivity index (χ2v) is 4.88. The molecular formula is C15H23NO3. The van der Waals surface area contributed by atoms with Crippen LogP contribution in [0.2, 0.25) is 0 Å². The largest absolute Gasteiger partial charge is 0.497 e. The lowest BCUT2D eigenvalue weighted by atomic mass is 10.1. The first-order valence-corrected chi connectivity index (χ1v) is 6.69. The first-order chi connectivity index (χ1) is 9.11. The Hall–Kier alpha value is -1.71. The zero-order valence-corrected chi connectivity index (χ0v) is 11.9. The molecule has 0 aliphatic heterocycles. The highest BCUT2D eigenvalue weighted by molar-refractivity contribution is 5.84. The van der Waals surface area contributed by atoms with Gasteiger partial charge in [0.1, 0.15) is 5.75 Å². The Morgan fingerprint density at radius 2 is 1.89 bits per heavy atom. The summed E-state index contributed by atoms with van der Waals surface area (Å²) >= 11 is 0. The maximum atomic E-state index is 11.5. The minimum absolute atomic E-state index is 0.408. The van der Waals surface area contributed by atoms with E-state index in [9.17, 15) is 4.79 Å². The summed E-state index contributed by atoms with van der Waals surface area (Å²) in [6.07, 6.45) is 2.76. The molecule has 0 aromatic heterocycles. The summed E-state index contributed by atoms with van der Waals surface area (Å²) in [4.78, 5) is 11.5. The summed E-state index contributed by atoms with van der Waals surface area (Å²) in [5, 5.41) is 2.68. The van der Waals surface area contributed by atoms with Crippen molar-refractivity contribution in [1.82, 2.24) is 0 Å². The summed E-state index contributed by atoms with van der Waals surface area (Å²) < 4.78 is 10.1. The van der Waals surface area contributed by atoms with Crippen LogP contribution >= 0.6 is 0 Å². The molecule has 0 unspecified atom stereocenters. The number of carbonyl (C=O) groups excluding carboxylic acids is 1. The third-order valence-electron chi connectivity index (χ3n) is 2.75. The SMILES string of the molecule is COc1ccc(NC(=O)OCCCCC(C)C)cc1. The van der Waals surface area contributed by atoms with Crippen LogP contribution in [0, 0.1) is 5.92 Å². The summed E-state index contributed by atoms with van der Waals surface area (Å²) in [6.45, 7) is 4.85. The van der Waals surface area contributed by atoms with Gasteiger partial charge in [-0.1, -0.05) is 20.3 Å². The maximum absolute atomic E-state index is 11.5. The van der Waals surface area contributed by atoms with Crippen LogP contribution in [0.25, 0.3) is 0 Å². The lowest BCUT2D eigenvalue weighted by Crippen LogP contribution is -2.14. The number of benzene rings is 1. The normalized spacial score (nSPS) is 10.3. The van der Waals surface area contributed by atoms with Gasteiger partial charge >= 0.3 is 6.09 Å². The molecule has 106 valence electrons. The van der Waals surface area contributed by atoms with E-state index >= 15 is 0 Å². The highest BCUT2D eigenvalue weighted by Crippen LogP contribution is 2.15. The van der Waals surface area contributed by atoms with Gasteiger partial charge in [-0.25, -0.2) is 4.79 Å². The van der Waals surface area contributed by atoms with E-state index in [1.54, 1.807) is 31.4 Å². The summed E-state index contributed by atoms with van der Waals surface area (Å²) in [6, 6.07) is 7.13. The molecule has 0 fully saturated rings. The molecule has 0 heterocycles. The van der Waals surface area contributed by atoms with Crippen molar-refractivity contribution in [3.05, 3.63) is 24.3 Å². The molecule has 0 atom stereocenters. The van der Waals surface area contributed by atoms with Crippen molar-refractivity contribution in [1.29, 1.82) is 0 Å². The van der Waals surface area contributed by atoms with Crippen LogP contribution in [-0.4, -0.2) is 19.8 Å². The Balaban J connectivity index is 2.19. The van der Waals surface area contributed by atoms with E-state index in [2.05, 4.69) is 19.2 Å². The molecule has 19 heavy (non-hydrogen) atoms. The lowest BCUT2D eigenvalue weighted by Gasteiger charge is -2.08. The van der Waals surface area contributed by atoms with E-state index in [1.165, 1.54) is 6.42 Å². The minimum atomic E-state index is -0.408. The first-order valence-electron chi connectivity index (χ1n) is 6.69. The molecule has 0 bridgehead atoms. The molecule has 1 N–H and O–H groups in total. The minimum Gasteiger partial charge on any atom is -0.497 e.